The van der Waals surface area contributed by atoms with Gasteiger partial charge < -0.3 is 14.9 Å². The Balaban J connectivity index is 3.23. The molecule has 0 aliphatic heterocycles. The Morgan fingerprint density at radius 1 is 0.455 bits per heavy atom. The molecule has 0 unspecified atom stereocenters. The van der Waals surface area contributed by atoms with E-state index in [0.717, 1.165) is 56.9 Å². The van der Waals surface area contributed by atoms with Crippen molar-refractivity contribution in [2.24, 2.45) is 0 Å². The van der Waals surface area contributed by atoms with Gasteiger partial charge in [-0.25, -0.2) is 0 Å². The molecule has 1 rings (SSSR count). The van der Waals surface area contributed by atoms with Gasteiger partial charge in [0.1, 0.15) is 0 Å². The second-order valence-electron chi connectivity index (χ2n) is 9.80. The Morgan fingerprint density at radius 2 is 0.879 bits per heavy atom. The molecule has 192 valence electrons. The number of rotatable bonds is 21. The largest absolute Gasteiger partial charge is 0.504 e. The van der Waals surface area contributed by atoms with E-state index in [2.05, 4.69) is 27.7 Å². The molecule has 0 bridgehead atoms. The van der Waals surface area contributed by atoms with E-state index in [4.69, 9.17) is 4.74 Å². The molecular formula is C30H54O3. The van der Waals surface area contributed by atoms with Crippen LogP contribution < -0.4 is 4.74 Å². The van der Waals surface area contributed by atoms with Crippen LogP contribution in [0.3, 0.4) is 0 Å². The van der Waals surface area contributed by atoms with Gasteiger partial charge in [-0.3, -0.25) is 0 Å². The lowest BCUT2D eigenvalue weighted by Crippen LogP contribution is -2.08. The molecule has 1 aromatic rings. The summed E-state index contributed by atoms with van der Waals surface area (Å²) in [5, 5.41) is 22.1. The van der Waals surface area contributed by atoms with Crippen LogP contribution in [0.2, 0.25) is 0 Å². The van der Waals surface area contributed by atoms with Gasteiger partial charge in [-0.05, 0) is 50.5 Å². The van der Waals surface area contributed by atoms with Crippen LogP contribution in [0.1, 0.15) is 147 Å². The first-order chi connectivity index (χ1) is 16.1. The van der Waals surface area contributed by atoms with E-state index in [1.807, 2.05) is 0 Å². The topological polar surface area (TPSA) is 49.7 Å². The van der Waals surface area contributed by atoms with Crippen molar-refractivity contribution in [2.75, 3.05) is 6.61 Å². The van der Waals surface area contributed by atoms with Crippen LogP contribution in [-0.2, 0) is 19.3 Å². The molecule has 3 heteroatoms. The monoisotopic (exact) mass is 462 g/mol. The van der Waals surface area contributed by atoms with Gasteiger partial charge in [-0.1, -0.05) is 105 Å². The maximum absolute atomic E-state index is 11.1. The number of phenolic OH excluding ortho intramolecular Hbond substituents is 2. The lowest BCUT2D eigenvalue weighted by molar-refractivity contribution is 0.279. The van der Waals surface area contributed by atoms with E-state index in [1.165, 1.54) is 81.8 Å². The van der Waals surface area contributed by atoms with Crippen molar-refractivity contribution >= 4 is 0 Å². The molecule has 0 saturated carbocycles. The number of aromatic hydroxyl groups is 2. The van der Waals surface area contributed by atoms with E-state index in [9.17, 15) is 10.2 Å². The maximum Gasteiger partial charge on any atom is 0.201 e. The Labute approximate surface area is 205 Å². The van der Waals surface area contributed by atoms with E-state index in [0.29, 0.717) is 12.4 Å². The third kappa shape index (κ3) is 11.1. The molecule has 0 aromatic heterocycles. The van der Waals surface area contributed by atoms with Crippen molar-refractivity contribution in [3.05, 3.63) is 16.7 Å². The predicted octanol–water partition coefficient (Wildman–Crippen LogP) is 9.43. The van der Waals surface area contributed by atoms with Crippen LogP contribution >= 0.6 is 0 Å². The van der Waals surface area contributed by atoms with Crippen LogP contribution in [0.4, 0.5) is 0 Å². The van der Waals surface area contributed by atoms with Crippen LogP contribution in [0.15, 0.2) is 0 Å². The van der Waals surface area contributed by atoms with E-state index in [1.54, 1.807) is 0 Å². The van der Waals surface area contributed by atoms with Crippen LogP contribution in [0.25, 0.3) is 0 Å². The van der Waals surface area contributed by atoms with Crippen LogP contribution in [-0.4, -0.2) is 16.8 Å². The first kappa shape index (κ1) is 29.7. The lowest BCUT2D eigenvalue weighted by atomic mass is 9.88. The Morgan fingerprint density at radius 3 is 1.36 bits per heavy atom. The molecule has 0 spiro atoms. The Bertz CT molecular complexity index is 624. The standard InChI is InChI=1S/C30H54O3/c1-5-9-13-17-21-25-26(22-18-14-10-6-2)28(31)29(32)30(33-24-20-16-12-8-4)27(25)23-19-15-11-7-3/h31-32H,5-24H2,1-4H3. The van der Waals surface area contributed by atoms with Gasteiger partial charge in [0.15, 0.2) is 11.5 Å². The highest BCUT2D eigenvalue weighted by molar-refractivity contribution is 5.62. The van der Waals surface area contributed by atoms with Gasteiger partial charge in [0.2, 0.25) is 5.75 Å². The molecule has 1 aromatic carbocycles. The van der Waals surface area contributed by atoms with Crippen molar-refractivity contribution in [3.63, 3.8) is 0 Å². The number of hydrogen-bond acceptors (Lipinski definition) is 3. The molecule has 0 heterocycles. The summed E-state index contributed by atoms with van der Waals surface area (Å²) in [5.74, 6) is 0.639. The van der Waals surface area contributed by atoms with Gasteiger partial charge in [-0.2, -0.15) is 0 Å². The maximum atomic E-state index is 11.1. The third-order valence-corrected chi connectivity index (χ3v) is 6.81. The third-order valence-electron chi connectivity index (χ3n) is 6.81. The van der Waals surface area contributed by atoms with E-state index >= 15 is 0 Å². The minimum Gasteiger partial charge on any atom is -0.504 e. The zero-order valence-electron chi connectivity index (χ0n) is 22.4. The minimum absolute atomic E-state index is 0.0150. The quantitative estimate of drug-likeness (QED) is 0.141. The molecule has 0 saturated heterocycles. The Hall–Kier alpha value is -1.38. The summed E-state index contributed by atoms with van der Waals surface area (Å²) >= 11 is 0. The summed E-state index contributed by atoms with van der Waals surface area (Å²) in [4.78, 5) is 0. The van der Waals surface area contributed by atoms with Crippen molar-refractivity contribution in [1.29, 1.82) is 0 Å². The highest BCUT2D eigenvalue weighted by Gasteiger charge is 2.24. The van der Waals surface area contributed by atoms with Crippen molar-refractivity contribution < 1.29 is 14.9 Å². The summed E-state index contributed by atoms with van der Waals surface area (Å²) in [6.45, 7) is 9.53. The number of benzene rings is 1. The first-order valence-electron chi connectivity index (χ1n) is 14.3. The Kier molecular flexibility index (Phi) is 17.1. The molecule has 0 atom stereocenters. The van der Waals surface area contributed by atoms with Gasteiger partial charge in [0.25, 0.3) is 0 Å². The average molecular weight is 463 g/mol. The number of ether oxygens (including phenoxy) is 1. The first-order valence-corrected chi connectivity index (χ1v) is 14.3. The molecule has 0 aliphatic rings. The summed E-state index contributed by atoms with van der Waals surface area (Å²) in [6.07, 6.45) is 21.6. The molecule has 0 amide bonds. The molecule has 3 nitrogen and oxygen atoms in total. The number of unbranched alkanes of at least 4 members (excludes halogenated alkanes) is 12. The zero-order chi connectivity index (χ0) is 24.3. The molecule has 33 heavy (non-hydrogen) atoms. The summed E-state index contributed by atoms with van der Waals surface area (Å²) in [5.41, 5.74) is 3.45. The molecule has 0 fully saturated rings. The molecular weight excluding hydrogens is 408 g/mol. The van der Waals surface area contributed by atoms with Crippen LogP contribution in [0, 0.1) is 0 Å². The predicted molar refractivity (Wildman–Crippen MR) is 143 cm³/mol. The zero-order valence-corrected chi connectivity index (χ0v) is 22.4. The second kappa shape index (κ2) is 19.0. The van der Waals surface area contributed by atoms with Crippen molar-refractivity contribution in [3.8, 4) is 17.2 Å². The number of phenols is 2. The summed E-state index contributed by atoms with van der Waals surface area (Å²) < 4.78 is 6.21. The van der Waals surface area contributed by atoms with Gasteiger partial charge in [0, 0.05) is 11.1 Å². The number of hydrogen-bond donors (Lipinski definition) is 2. The highest BCUT2D eigenvalue weighted by Crippen LogP contribution is 2.46. The molecule has 0 radical (unpaired) electrons. The van der Waals surface area contributed by atoms with Crippen LogP contribution in [0.5, 0.6) is 17.2 Å². The van der Waals surface area contributed by atoms with Crippen molar-refractivity contribution in [1.82, 2.24) is 0 Å². The summed E-state index contributed by atoms with van der Waals surface area (Å²) in [7, 11) is 0. The minimum atomic E-state index is -0.0150. The SMILES string of the molecule is CCCCCCOc1c(O)c(O)c(CCCCCC)c(CCCCCC)c1CCCCCC. The fourth-order valence-corrected chi connectivity index (χ4v) is 4.74. The van der Waals surface area contributed by atoms with E-state index < -0.39 is 0 Å². The lowest BCUT2D eigenvalue weighted by Gasteiger charge is -2.23. The highest BCUT2D eigenvalue weighted by atomic mass is 16.5. The fraction of sp³-hybridized carbons (Fsp3) is 0.800. The molecule has 0 aliphatic carbocycles. The average Bonchev–Trinajstić information content (AvgIpc) is 2.82. The fourth-order valence-electron chi connectivity index (χ4n) is 4.74. The smallest absolute Gasteiger partial charge is 0.201 e. The second-order valence-corrected chi connectivity index (χ2v) is 9.80. The van der Waals surface area contributed by atoms with E-state index in [-0.39, 0.29) is 11.5 Å². The van der Waals surface area contributed by atoms with Crippen molar-refractivity contribution in [2.45, 2.75) is 150 Å². The summed E-state index contributed by atoms with van der Waals surface area (Å²) in [6, 6.07) is 0. The molecule has 2 N–H and O–H groups in total. The van der Waals surface area contributed by atoms with Gasteiger partial charge in [0.05, 0.1) is 6.61 Å². The van der Waals surface area contributed by atoms with Gasteiger partial charge in [-0.15, -0.1) is 0 Å². The normalized spacial score (nSPS) is 11.3. The van der Waals surface area contributed by atoms with Gasteiger partial charge >= 0.3 is 0 Å².